The zero-order valence-electron chi connectivity index (χ0n) is 12.1. The van der Waals surface area contributed by atoms with Crippen molar-refractivity contribution in [3.05, 3.63) is 29.3 Å². The number of aliphatic imine (C=N–C) groups is 1. The van der Waals surface area contributed by atoms with Crippen LogP contribution in [0.25, 0.3) is 0 Å². The van der Waals surface area contributed by atoms with Crippen LogP contribution in [-0.2, 0) is 4.79 Å². The van der Waals surface area contributed by atoms with Gasteiger partial charge in [0.2, 0.25) is 0 Å². The summed E-state index contributed by atoms with van der Waals surface area (Å²) in [6.45, 7) is 10.1. The van der Waals surface area contributed by atoms with E-state index in [1.165, 1.54) is 0 Å². The Kier molecular flexibility index (Phi) is 5.26. The monoisotopic (exact) mass is 245 g/mol. The Bertz CT molecular complexity index is 440. The number of benzene rings is 1. The van der Waals surface area contributed by atoms with E-state index in [-0.39, 0.29) is 11.7 Å². The molecule has 0 aliphatic carbocycles. The van der Waals surface area contributed by atoms with Crippen LogP contribution in [0.15, 0.2) is 23.2 Å². The van der Waals surface area contributed by atoms with Crippen molar-refractivity contribution in [1.29, 1.82) is 0 Å². The maximum absolute atomic E-state index is 11.8. The lowest BCUT2D eigenvalue weighted by molar-refractivity contribution is -0.120. The first-order chi connectivity index (χ1) is 8.51. The summed E-state index contributed by atoms with van der Waals surface area (Å²) in [5.74, 6) is 0.195. The van der Waals surface area contributed by atoms with Gasteiger partial charge in [0, 0.05) is 12.1 Å². The maximum Gasteiger partial charge on any atom is 0.141 e. The van der Waals surface area contributed by atoms with Crippen molar-refractivity contribution in [3.63, 3.8) is 0 Å². The third-order valence-corrected chi connectivity index (χ3v) is 3.39. The standard InChI is InChI=1S/C16H23NO/c1-6-14(13(5)15(18)7-2)17-16-11(3)9-8-10-12(16)4/h8-10,13H,6-7H2,1-5H3. The van der Waals surface area contributed by atoms with E-state index in [0.29, 0.717) is 6.42 Å². The van der Waals surface area contributed by atoms with E-state index >= 15 is 0 Å². The molecule has 1 atom stereocenters. The fraction of sp³-hybridized carbons (Fsp3) is 0.500. The van der Waals surface area contributed by atoms with E-state index in [1.54, 1.807) is 0 Å². The Morgan fingerprint density at radius 2 is 1.72 bits per heavy atom. The molecule has 1 aromatic rings. The van der Waals surface area contributed by atoms with Crippen molar-refractivity contribution in [3.8, 4) is 0 Å². The zero-order chi connectivity index (χ0) is 13.7. The minimum Gasteiger partial charge on any atom is -0.299 e. The van der Waals surface area contributed by atoms with Gasteiger partial charge in [-0.05, 0) is 31.4 Å². The minimum atomic E-state index is -0.0704. The molecule has 0 aliphatic heterocycles. The molecular weight excluding hydrogens is 222 g/mol. The first-order valence-electron chi connectivity index (χ1n) is 6.67. The Morgan fingerprint density at radius 3 is 2.17 bits per heavy atom. The summed E-state index contributed by atoms with van der Waals surface area (Å²) in [4.78, 5) is 16.5. The van der Waals surface area contributed by atoms with Crippen LogP contribution in [0.2, 0.25) is 0 Å². The Labute approximate surface area is 110 Å². The number of hydrogen-bond acceptors (Lipinski definition) is 2. The molecule has 0 fully saturated rings. The second-order valence-electron chi connectivity index (χ2n) is 4.74. The Balaban J connectivity index is 3.15. The van der Waals surface area contributed by atoms with Crippen LogP contribution in [0.3, 0.4) is 0 Å². The summed E-state index contributed by atoms with van der Waals surface area (Å²) >= 11 is 0. The highest BCUT2D eigenvalue weighted by atomic mass is 16.1. The molecule has 2 nitrogen and oxygen atoms in total. The molecule has 0 aliphatic rings. The number of nitrogens with zero attached hydrogens (tertiary/aromatic N) is 1. The van der Waals surface area contributed by atoms with Crippen LogP contribution >= 0.6 is 0 Å². The van der Waals surface area contributed by atoms with Gasteiger partial charge >= 0.3 is 0 Å². The average Bonchev–Trinajstić information content (AvgIpc) is 2.37. The van der Waals surface area contributed by atoms with E-state index in [2.05, 4.69) is 32.9 Å². The van der Waals surface area contributed by atoms with Crippen LogP contribution in [0, 0.1) is 19.8 Å². The number of ketones is 1. The number of Topliss-reactive ketones (excluding diaryl/α,β-unsaturated/α-hetero) is 1. The normalized spacial score (nSPS) is 13.5. The molecule has 0 N–H and O–H groups in total. The van der Waals surface area contributed by atoms with Crippen molar-refractivity contribution in [2.45, 2.75) is 47.5 Å². The number of hydrogen-bond donors (Lipinski definition) is 0. The summed E-state index contributed by atoms with van der Waals surface area (Å²) in [5.41, 5.74) is 4.33. The predicted molar refractivity (Wildman–Crippen MR) is 77.8 cm³/mol. The van der Waals surface area contributed by atoms with E-state index < -0.39 is 0 Å². The number of para-hydroxylation sites is 1. The van der Waals surface area contributed by atoms with E-state index in [4.69, 9.17) is 4.99 Å². The molecule has 98 valence electrons. The highest BCUT2D eigenvalue weighted by Gasteiger charge is 2.16. The molecule has 0 saturated heterocycles. The first-order valence-corrected chi connectivity index (χ1v) is 6.67. The SMILES string of the molecule is CCC(=O)C(C)C(CC)=Nc1c(C)cccc1C. The molecule has 0 saturated carbocycles. The highest BCUT2D eigenvalue weighted by Crippen LogP contribution is 2.25. The molecule has 0 radical (unpaired) electrons. The maximum atomic E-state index is 11.8. The number of carbonyl (C=O) groups excluding carboxylic acids is 1. The molecule has 18 heavy (non-hydrogen) atoms. The second kappa shape index (κ2) is 6.48. The predicted octanol–water partition coefficient (Wildman–Crippen LogP) is 4.40. The molecule has 1 aromatic carbocycles. The second-order valence-corrected chi connectivity index (χ2v) is 4.74. The van der Waals surface area contributed by atoms with Crippen LogP contribution in [0.1, 0.15) is 44.7 Å². The molecular formula is C16H23NO. The van der Waals surface area contributed by atoms with Crippen molar-refractivity contribution in [1.82, 2.24) is 0 Å². The van der Waals surface area contributed by atoms with Crippen LogP contribution in [0.4, 0.5) is 5.69 Å². The van der Waals surface area contributed by atoms with Gasteiger partial charge in [0.05, 0.1) is 11.6 Å². The molecule has 0 amide bonds. The van der Waals surface area contributed by atoms with Crippen molar-refractivity contribution in [2.75, 3.05) is 0 Å². The van der Waals surface area contributed by atoms with Crippen molar-refractivity contribution < 1.29 is 4.79 Å². The fourth-order valence-electron chi connectivity index (χ4n) is 2.10. The van der Waals surface area contributed by atoms with Gasteiger partial charge in [0.25, 0.3) is 0 Å². The van der Waals surface area contributed by atoms with Gasteiger partial charge in [-0.15, -0.1) is 0 Å². The van der Waals surface area contributed by atoms with E-state index in [0.717, 1.165) is 28.9 Å². The number of carbonyl (C=O) groups is 1. The van der Waals surface area contributed by atoms with Crippen molar-refractivity contribution in [2.24, 2.45) is 10.9 Å². The van der Waals surface area contributed by atoms with Gasteiger partial charge in [-0.1, -0.05) is 39.0 Å². The fourth-order valence-corrected chi connectivity index (χ4v) is 2.10. The quantitative estimate of drug-likeness (QED) is 0.707. The van der Waals surface area contributed by atoms with Gasteiger partial charge in [-0.3, -0.25) is 9.79 Å². The smallest absolute Gasteiger partial charge is 0.141 e. The van der Waals surface area contributed by atoms with Gasteiger partial charge in [0.15, 0.2) is 0 Å². The van der Waals surface area contributed by atoms with Gasteiger partial charge in [-0.25, -0.2) is 0 Å². The third-order valence-electron chi connectivity index (χ3n) is 3.39. The molecule has 0 heterocycles. The van der Waals surface area contributed by atoms with Crippen LogP contribution in [0.5, 0.6) is 0 Å². The van der Waals surface area contributed by atoms with Gasteiger partial charge in [0.1, 0.15) is 5.78 Å². The number of rotatable bonds is 5. The highest BCUT2D eigenvalue weighted by molar-refractivity contribution is 6.05. The molecule has 0 aromatic heterocycles. The van der Waals surface area contributed by atoms with Gasteiger partial charge in [-0.2, -0.15) is 0 Å². The average molecular weight is 245 g/mol. The molecule has 1 unspecified atom stereocenters. The lowest BCUT2D eigenvalue weighted by Crippen LogP contribution is -2.19. The molecule has 1 rings (SSSR count). The van der Waals surface area contributed by atoms with Crippen molar-refractivity contribution >= 4 is 17.2 Å². The lowest BCUT2D eigenvalue weighted by atomic mass is 9.96. The minimum absolute atomic E-state index is 0.0704. The molecule has 0 bridgehead atoms. The van der Waals surface area contributed by atoms with E-state index in [1.807, 2.05) is 19.9 Å². The summed E-state index contributed by atoms with van der Waals surface area (Å²) in [5, 5.41) is 0. The number of aryl methyl sites for hydroxylation is 2. The Hall–Kier alpha value is -1.44. The zero-order valence-corrected chi connectivity index (χ0v) is 12.1. The molecule has 2 heteroatoms. The van der Waals surface area contributed by atoms with Gasteiger partial charge < -0.3 is 0 Å². The summed E-state index contributed by atoms with van der Waals surface area (Å²) < 4.78 is 0. The summed E-state index contributed by atoms with van der Waals surface area (Å²) in [6.07, 6.45) is 1.40. The van der Waals surface area contributed by atoms with Crippen LogP contribution < -0.4 is 0 Å². The van der Waals surface area contributed by atoms with E-state index in [9.17, 15) is 4.79 Å². The van der Waals surface area contributed by atoms with Crippen LogP contribution in [-0.4, -0.2) is 11.5 Å². The third kappa shape index (κ3) is 3.28. The Morgan fingerprint density at radius 1 is 1.17 bits per heavy atom. The first kappa shape index (κ1) is 14.6. The largest absolute Gasteiger partial charge is 0.299 e. The summed E-state index contributed by atoms with van der Waals surface area (Å²) in [7, 11) is 0. The molecule has 0 spiro atoms. The topological polar surface area (TPSA) is 29.4 Å². The lowest BCUT2D eigenvalue weighted by Gasteiger charge is -2.13. The summed E-state index contributed by atoms with van der Waals surface area (Å²) in [6, 6.07) is 6.16.